The number of hydrogen-bond donors (Lipinski definition) is 1. The van der Waals surface area contributed by atoms with Gasteiger partial charge in [-0.05, 0) is 18.4 Å². The van der Waals surface area contributed by atoms with Gasteiger partial charge in [-0.1, -0.05) is 6.07 Å². The second kappa shape index (κ2) is 4.81. The van der Waals surface area contributed by atoms with Crippen LogP contribution in [0.25, 0.3) is 0 Å². The number of ether oxygens (including phenoxy) is 1. The number of nitrogens with zero attached hydrogens (tertiary/aromatic N) is 1. The zero-order valence-electron chi connectivity index (χ0n) is 10.4. The maximum absolute atomic E-state index is 11.9. The molecule has 0 spiro atoms. The smallest absolute Gasteiger partial charge is 0.338 e. The predicted molar refractivity (Wildman–Crippen MR) is 68.1 cm³/mol. The summed E-state index contributed by atoms with van der Waals surface area (Å²) in [6.45, 7) is 1.74. The highest BCUT2D eigenvalue weighted by Gasteiger charge is 2.35. The second-order valence-corrected chi connectivity index (χ2v) is 4.93. The molecule has 0 radical (unpaired) electrons. The quantitative estimate of drug-likeness (QED) is 0.832. The Morgan fingerprint density at radius 2 is 2.28 bits per heavy atom. The molecule has 5 nitrogen and oxygen atoms in total. The summed E-state index contributed by atoms with van der Waals surface area (Å²) >= 11 is 1.49. The van der Waals surface area contributed by atoms with Crippen molar-refractivity contribution in [1.82, 2.24) is 10.2 Å². The number of amides is 2. The summed E-state index contributed by atoms with van der Waals surface area (Å²) < 4.78 is 4.80. The first kappa shape index (κ1) is 12.6. The van der Waals surface area contributed by atoms with E-state index in [2.05, 4.69) is 5.32 Å². The van der Waals surface area contributed by atoms with Crippen molar-refractivity contribution in [2.45, 2.75) is 13.0 Å². The lowest BCUT2D eigenvalue weighted by atomic mass is 10.0. The Morgan fingerprint density at radius 1 is 1.56 bits per heavy atom. The van der Waals surface area contributed by atoms with Crippen LogP contribution in [-0.2, 0) is 9.53 Å². The first-order chi connectivity index (χ1) is 8.56. The van der Waals surface area contributed by atoms with E-state index in [0.717, 1.165) is 4.88 Å². The fourth-order valence-corrected chi connectivity index (χ4v) is 2.66. The van der Waals surface area contributed by atoms with Gasteiger partial charge < -0.3 is 15.0 Å². The lowest BCUT2D eigenvalue weighted by Crippen LogP contribution is -2.45. The maximum Gasteiger partial charge on any atom is 0.338 e. The Morgan fingerprint density at radius 3 is 2.83 bits per heavy atom. The van der Waals surface area contributed by atoms with Gasteiger partial charge in [-0.25, -0.2) is 9.59 Å². The van der Waals surface area contributed by atoms with Crippen LogP contribution in [0, 0.1) is 0 Å². The number of nitrogens with one attached hydrogen (secondary N) is 1. The molecular weight excluding hydrogens is 252 g/mol. The van der Waals surface area contributed by atoms with E-state index in [-0.39, 0.29) is 6.03 Å². The van der Waals surface area contributed by atoms with Crippen LogP contribution in [0.5, 0.6) is 0 Å². The van der Waals surface area contributed by atoms with Gasteiger partial charge in [0, 0.05) is 17.6 Å². The first-order valence-corrected chi connectivity index (χ1v) is 6.31. The van der Waals surface area contributed by atoms with E-state index in [4.69, 9.17) is 4.74 Å². The van der Waals surface area contributed by atoms with E-state index in [1.807, 2.05) is 17.5 Å². The van der Waals surface area contributed by atoms with Crippen LogP contribution < -0.4 is 5.32 Å². The second-order valence-electron chi connectivity index (χ2n) is 3.95. The van der Waals surface area contributed by atoms with E-state index in [0.29, 0.717) is 11.3 Å². The van der Waals surface area contributed by atoms with Crippen LogP contribution in [-0.4, -0.2) is 31.1 Å². The van der Waals surface area contributed by atoms with Gasteiger partial charge in [-0.15, -0.1) is 11.3 Å². The molecule has 1 aromatic heterocycles. The Balaban J connectivity index is 2.50. The van der Waals surface area contributed by atoms with Crippen LogP contribution in [0.1, 0.15) is 17.8 Å². The molecule has 1 aliphatic rings. The number of carbonyl (C=O) groups is 2. The molecule has 2 amide bonds. The minimum atomic E-state index is -0.429. The number of methoxy groups -OCH3 is 1. The monoisotopic (exact) mass is 266 g/mol. The SMILES string of the molecule is COC(=O)C1=C(C)N(C)C(=O)N[C@@H]1c1cccs1. The van der Waals surface area contributed by atoms with E-state index in [9.17, 15) is 9.59 Å². The molecule has 96 valence electrons. The third-order valence-corrected chi connectivity index (χ3v) is 3.92. The van der Waals surface area contributed by atoms with E-state index in [1.54, 1.807) is 14.0 Å². The number of thiophene rings is 1. The summed E-state index contributed by atoms with van der Waals surface area (Å²) in [7, 11) is 2.96. The van der Waals surface area contributed by atoms with Crippen molar-refractivity contribution in [3.8, 4) is 0 Å². The molecule has 2 rings (SSSR count). The molecule has 1 N–H and O–H groups in total. The molecule has 6 heteroatoms. The Bertz CT molecular complexity index is 507. The van der Waals surface area contributed by atoms with Crippen LogP contribution in [0.4, 0.5) is 4.79 Å². The normalized spacial score (nSPS) is 19.8. The van der Waals surface area contributed by atoms with Gasteiger partial charge in [0.05, 0.1) is 18.7 Å². The van der Waals surface area contributed by atoms with Gasteiger partial charge in [-0.2, -0.15) is 0 Å². The lowest BCUT2D eigenvalue weighted by molar-refractivity contribution is -0.136. The van der Waals surface area contributed by atoms with E-state index in [1.165, 1.54) is 23.3 Å². The van der Waals surface area contributed by atoms with Crippen molar-refractivity contribution in [3.05, 3.63) is 33.7 Å². The van der Waals surface area contributed by atoms with Gasteiger partial charge in [-0.3, -0.25) is 0 Å². The fourth-order valence-electron chi connectivity index (χ4n) is 1.88. The molecule has 18 heavy (non-hydrogen) atoms. The molecule has 0 aliphatic carbocycles. The number of urea groups is 1. The summed E-state index contributed by atoms with van der Waals surface area (Å²) in [5.74, 6) is -0.419. The Hall–Kier alpha value is -1.82. The summed E-state index contributed by atoms with van der Waals surface area (Å²) in [6, 6.07) is 3.12. The number of allylic oxidation sites excluding steroid dienone is 1. The minimum absolute atomic E-state index is 0.224. The topological polar surface area (TPSA) is 58.6 Å². The number of esters is 1. The lowest BCUT2D eigenvalue weighted by Gasteiger charge is -2.32. The molecular formula is C12H14N2O3S. The van der Waals surface area contributed by atoms with Crippen molar-refractivity contribution in [2.75, 3.05) is 14.2 Å². The van der Waals surface area contributed by atoms with Crippen molar-refractivity contribution in [2.24, 2.45) is 0 Å². The molecule has 0 saturated heterocycles. The minimum Gasteiger partial charge on any atom is -0.466 e. The molecule has 1 aromatic rings. The van der Waals surface area contributed by atoms with Crippen molar-refractivity contribution in [3.63, 3.8) is 0 Å². The zero-order chi connectivity index (χ0) is 13.3. The van der Waals surface area contributed by atoms with Crippen molar-refractivity contribution in [1.29, 1.82) is 0 Å². The summed E-state index contributed by atoms with van der Waals surface area (Å²) in [5, 5.41) is 4.71. The average Bonchev–Trinajstić information content (AvgIpc) is 2.88. The average molecular weight is 266 g/mol. The molecule has 1 atom stereocenters. The zero-order valence-corrected chi connectivity index (χ0v) is 11.2. The summed E-state index contributed by atoms with van der Waals surface area (Å²) in [4.78, 5) is 26.0. The van der Waals surface area contributed by atoms with E-state index < -0.39 is 12.0 Å². The van der Waals surface area contributed by atoms with Crippen LogP contribution in [0.3, 0.4) is 0 Å². The first-order valence-electron chi connectivity index (χ1n) is 5.43. The van der Waals surface area contributed by atoms with Crippen molar-refractivity contribution < 1.29 is 14.3 Å². The summed E-state index contributed by atoms with van der Waals surface area (Å²) in [5.41, 5.74) is 1.09. The van der Waals surface area contributed by atoms with E-state index >= 15 is 0 Å². The van der Waals surface area contributed by atoms with Gasteiger partial charge >= 0.3 is 12.0 Å². The standard InChI is InChI=1S/C12H14N2O3S/c1-7-9(11(15)17-3)10(8-5-4-6-18-8)13-12(16)14(7)2/h4-6,10H,1-3H3,(H,13,16)/t10-/m1/s1. The predicted octanol–water partition coefficient (Wildman–Crippen LogP) is 1.89. The van der Waals surface area contributed by atoms with Crippen molar-refractivity contribution >= 4 is 23.3 Å². The third kappa shape index (κ3) is 1.99. The Kier molecular flexibility index (Phi) is 3.38. The molecule has 2 heterocycles. The van der Waals surface area contributed by atoms with Crippen LogP contribution in [0.15, 0.2) is 28.8 Å². The highest BCUT2D eigenvalue weighted by atomic mass is 32.1. The highest BCUT2D eigenvalue weighted by molar-refractivity contribution is 7.10. The molecule has 0 saturated carbocycles. The Labute approximate surface area is 109 Å². The molecule has 0 unspecified atom stereocenters. The molecule has 1 aliphatic heterocycles. The third-order valence-electron chi connectivity index (χ3n) is 2.99. The maximum atomic E-state index is 11.9. The summed E-state index contributed by atoms with van der Waals surface area (Å²) in [6.07, 6.45) is 0. The van der Waals surface area contributed by atoms with Gasteiger partial charge in [0.2, 0.25) is 0 Å². The number of rotatable bonds is 2. The molecule has 0 aromatic carbocycles. The molecule has 0 bridgehead atoms. The number of hydrogen-bond acceptors (Lipinski definition) is 4. The fraction of sp³-hybridized carbons (Fsp3) is 0.333. The van der Waals surface area contributed by atoms with Crippen LogP contribution >= 0.6 is 11.3 Å². The largest absolute Gasteiger partial charge is 0.466 e. The van der Waals surface area contributed by atoms with Gasteiger partial charge in [0.15, 0.2) is 0 Å². The van der Waals surface area contributed by atoms with Gasteiger partial charge in [0.1, 0.15) is 0 Å². The highest BCUT2D eigenvalue weighted by Crippen LogP contribution is 2.32. The van der Waals surface area contributed by atoms with Gasteiger partial charge in [0.25, 0.3) is 0 Å². The number of carbonyl (C=O) groups excluding carboxylic acids is 2. The van der Waals surface area contributed by atoms with Crippen LogP contribution in [0.2, 0.25) is 0 Å². The molecule has 0 fully saturated rings.